The number of nitrogens with two attached hydrogens (primary N) is 1. The largest absolute Gasteiger partial charge is 0.328 e. The average molecular weight is 215 g/mol. The van der Waals surface area contributed by atoms with Gasteiger partial charge in [-0.15, -0.1) is 0 Å². The first-order valence-corrected chi connectivity index (χ1v) is 6.04. The molecule has 0 saturated carbocycles. The SMILES string of the molecule is CC(C)CN(CCC(C)N)CCN(C)C. The Morgan fingerprint density at radius 3 is 2.00 bits per heavy atom. The van der Waals surface area contributed by atoms with Crippen molar-refractivity contribution in [2.75, 3.05) is 40.3 Å². The van der Waals surface area contributed by atoms with Crippen molar-refractivity contribution < 1.29 is 0 Å². The first-order chi connectivity index (χ1) is 6.91. The Kier molecular flexibility index (Phi) is 8.02. The van der Waals surface area contributed by atoms with E-state index in [1.54, 1.807) is 0 Å². The van der Waals surface area contributed by atoms with Crippen molar-refractivity contribution in [3.63, 3.8) is 0 Å². The molecule has 1 atom stereocenters. The summed E-state index contributed by atoms with van der Waals surface area (Å²) in [5, 5.41) is 0. The number of hydrogen-bond acceptors (Lipinski definition) is 3. The highest BCUT2D eigenvalue weighted by Gasteiger charge is 2.08. The molecule has 0 aliphatic rings. The van der Waals surface area contributed by atoms with Gasteiger partial charge in [-0.3, -0.25) is 0 Å². The van der Waals surface area contributed by atoms with Gasteiger partial charge in [0.25, 0.3) is 0 Å². The zero-order valence-electron chi connectivity index (χ0n) is 11.2. The van der Waals surface area contributed by atoms with E-state index in [-0.39, 0.29) is 0 Å². The van der Waals surface area contributed by atoms with Gasteiger partial charge in [0.1, 0.15) is 0 Å². The molecule has 0 amide bonds. The summed E-state index contributed by atoms with van der Waals surface area (Å²) < 4.78 is 0. The summed E-state index contributed by atoms with van der Waals surface area (Å²) in [7, 11) is 4.25. The van der Waals surface area contributed by atoms with E-state index < -0.39 is 0 Å². The molecule has 3 heteroatoms. The van der Waals surface area contributed by atoms with Gasteiger partial charge in [-0.2, -0.15) is 0 Å². The van der Waals surface area contributed by atoms with Crippen molar-refractivity contribution in [2.24, 2.45) is 11.7 Å². The molecule has 0 saturated heterocycles. The van der Waals surface area contributed by atoms with E-state index in [2.05, 4.69) is 44.7 Å². The summed E-state index contributed by atoms with van der Waals surface area (Å²) >= 11 is 0. The van der Waals surface area contributed by atoms with Crippen LogP contribution in [0.15, 0.2) is 0 Å². The average Bonchev–Trinajstić information content (AvgIpc) is 2.08. The maximum atomic E-state index is 5.79. The molecule has 0 spiro atoms. The molecule has 0 fully saturated rings. The summed E-state index contributed by atoms with van der Waals surface area (Å²) in [4.78, 5) is 4.76. The molecule has 0 aliphatic carbocycles. The van der Waals surface area contributed by atoms with E-state index in [4.69, 9.17) is 5.73 Å². The standard InChI is InChI=1S/C12H29N3/c1-11(2)10-15(7-6-12(3)13)9-8-14(4)5/h11-12H,6-10,13H2,1-5H3. The number of hydrogen-bond donors (Lipinski definition) is 1. The van der Waals surface area contributed by atoms with Crippen LogP contribution in [0.5, 0.6) is 0 Å². The van der Waals surface area contributed by atoms with Gasteiger partial charge in [0.15, 0.2) is 0 Å². The molecule has 1 unspecified atom stereocenters. The highest BCUT2D eigenvalue weighted by atomic mass is 15.2. The van der Waals surface area contributed by atoms with Crippen molar-refractivity contribution in [1.29, 1.82) is 0 Å². The van der Waals surface area contributed by atoms with Gasteiger partial charge < -0.3 is 15.5 Å². The van der Waals surface area contributed by atoms with Crippen LogP contribution in [0, 0.1) is 5.92 Å². The second-order valence-corrected chi connectivity index (χ2v) is 5.26. The molecular weight excluding hydrogens is 186 g/mol. The topological polar surface area (TPSA) is 32.5 Å². The van der Waals surface area contributed by atoms with Gasteiger partial charge in [0.05, 0.1) is 0 Å². The molecule has 0 heterocycles. The highest BCUT2D eigenvalue weighted by molar-refractivity contribution is 4.65. The van der Waals surface area contributed by atoms with Gasteiger partial charge >= 0.3 is 0 Å². The van der Waals surface area contributed by atoms with Crippen molar-refractivity contribution in [1.82, 2.24) is 9.80 Å². The molecule has 0 aromatic heterocycles. The normalized spacial score (nSPS) is 14.2. The zero-order valence-corrected chi connectivity index (χ0v) is 11.2. The molecule has 0 bridgehead atoms. The molecular formula is C12H29N3. The van der Waals surface area contributed by atoms with Gasteiger partial charge in [-0.05, 0) is 39.9 Å². The van der Waals surface area contributed by atoms with E-state index in [1.807, 2.05) is 0 Å². The van der Waals surface area contributed by atoms with Crippen LogP contribution in [0.1, 0.15) is 27.2 Å². The summed E-state index contributed by atoms with van der Waals surface area (Å²) in [6.45, 7) is 11.2. The Hall–Kier alpha value is -0.120. The van der Waals surface area contributed by atoms with E-state index in [1.165, 1.54) is 6.54 Å². The molecule has 2 N–H and O–H groups in total. The first kappa shape index (κ1) is 14.9. The van der Waals surface area contributed by atoms with Crippen LogP contribution in [0.3, 0.4) is 0 Å². The predicted octanol–water partition coefficient (Wildman–Crippen LogP) is 1.24. The van der Waals surface area contributed by atoms with E-state index in [0.717, 1.165) is 32.0 Å². The Balaban J connectivity index is 3.84. The predicted molar refractivity (Wildman–Crippen MR) is 68.1 cm³/mol. The van der Waals surface area contributed by atoms with Crippen LogP contribution < -0.4 is 5.73 Å². The van der Waals surface area contributed by atoms with Crippen LogP contribution in [0.25, 0.3) is 0 Å². The monoisotopic (exact) mass is 215 g/mol. The van der Waals surface area contributed by atoms with Crippen LogP contribution in [0.2, 0.25) is 0 Å². The molecule has 0 aliphatic heterocycles. The lowest BCUT2D eigenvalue weighted by Crippen LogP contribution is -2.36. The second kappa shape index (κ2) is 8.08. The Morgan fingerprint density at radius 1 is 1.00 bits per heavy atom. The Labute approximate surface area is 95.6 Å². The lowest BCUT2D eigenvalue weighted by Gasteiger charge is -2.26. The number of likely N-dealkylation sites (N-methyl/N-ethyl adjacent to an activating group) is 1. The zero-order chi connectivity index (χ0) is 11.8. The molecule has 92 valence electrons. The summed E-state index contributed by atoms with van der Waals surface area (Å²) in [5.41, 5.74) is 5.79. The quantitative estimate of drug-likeness (QED) is 0.661. The lowest BCUT2D eigenvalue weighted by molar-refractivity contribution is 0.213. The van der Waals surface area contributed by atoms with Crippen LogP contribution in [0.4, 0.5) is 0 Å². The fourth-order valence-electron chi connectivity index (χ4n) is 1.54. The molecule has 15 heavy (non-hydrogen) atoms. The van der Waals surface area contributed by atoms with Gasteiger partial charge in [0, 0.05) is 25.7 Å². The van der Waals surface area contributed by atoms with Crippen molar-refractivity contribution in [2.45, 2.75) is 33.2 Å². The summed E-state index contributed by atoms with van der Waals surface area (Å²) in [6, 6.07) is 0.319. The van der Waals surface area contributed by atoms with Crippen molar-refractivity contribution >= 4 is 0 Å². The van der Waals surface area contributed by atoms with E-state index in [0.29, 0.717) is 6.04 Å². The van der Waals surface area contributed by atoms with Crippen molar-refractivity contribution in [3.8, 4) is 0 Å². The van der Waals surface area contributed by atoms with Gasteiger partial charge in [-0.25, -0.2) is 0 Å². The summed E-state index contributed by atoms with van der Waals surface area (Å²) in [6.07, 6.45) is 1.10. The van der Waals surface area contributed by atoms with Gasteiger partial charge in [-0.1, -0.05) is 13.8 Å². The van der Waals surface area contributed by atoms with Crippen LogP contribution >= 0.6 is 0 Å². The third kappa shape index (κ3) is 10.2. The fourth-order valence-corrected chi connectivity index (χ4v) is 1.54. The molecule has 0 radical (unpaired) electrons. The maximum Gasteiger partial charge on any atom is 0.0109 e. The minimum atomic E-state index is 0.319. The number of nitrogens with zero attached hydrogens (tertiary/aromatic N) is 2. The minimum Gasteiger partial charge on any atom is -0.328 e. The molecule has 0 aromatic rings. The van der Waals surface area contributed by atoms with Crippen LogP contribution in [-0.2, 0) is 0 Å². The van der Waals surface area contributed by atoms with E-state index >= 15 is 0 Å². The highest BCUT2D eigenvalue weighted by Crippen LogP contribution is 2.01. The minimum absolute atomic E-state index is 0.319. The van der Waals surface area contributed by atoms with Gasteiger partial charge in [0.2, 0.25) is 0 Å². The maximum absolute atomic E-state index is 5.79. The Morgan fingerprint density at radius 2 is 1.60 bits per heavy atom. The molecule has 0 rings (SSSR count). The first-order valence-electron chi connectivity index (χ1n) is 6.04. The second-order valence-electron chi connectivity index (χ2n) is 5.26. The fraction of sp³-hybridized carbons (Fsp3) is 1.00. The lowest BCUT2D eigenvalue weighted by atomic mass is 10.2. The number of rotatable bonds is 8. The Bertz CT molecular complexity index is 132. The van der Waals surface area contributed by atoms with Crippen molar-refractivity contribution in [3.05, 3.63) is 0 Å². The van der Waals surface area contributed by atoms with E-state index in [9.17, 15) is 0 Å². The molecule has 3 nitrogen and oxygen atoms in total. The molecule has 0 aromatic carbocycles. The van der Waals surface area contributed by atoms with Crippen LogP contribution in [-0.4, -0.2) is 56.1 Å². The summed E-state index contributed by atoms with van der Waals surface area (Å²) in [5.74, 6) is 0.736. The smallest absolute Gasteiger partial charge is 0.0109 e. The third-order valence-corrected chi connectivity index (χ3v) is 2.39. The third-order valence-electron chi connectivity index (χ3n) is 2.39.